The Kier molecular flexibility index (Phi) is 3.46. The quantitative estimate of drug-likeness (QED) is 0.621. The minimum atomic E-state index is 0.633. The lowest BCUT2D eigenvalue weighted by molar-refractivity contribution is 0.713. The minimum Gasteiger partial charge on any atom is -0.274 e. The number of hydrogen-bond acceptors (Lipinski definition) is 4. The van der Waals surface area contributed by atoms with Crippen LogP contribution in [0.5, 0.6) is 0 Å². The van der Waals surface area contributed by atoms with Crippen LogP contribution in [0.3, 0.4) is 0 Å². The van der Waals surface area contributed by atoms with Gasteiger partial charge < -0.3 is 0 Å². The summed E-state index contributed by atoms with van der Waals surface area (Å²) in [5.41, 5.74) is 2.47. The highest BCUT2D eigenvalue weighted by molar-refractivity contribution is 6.33. The molecule has 0 fully saturated rings. The molecule has 0 bridgehead atoms. The van der Waals surface area contributed by atoms with E-state index in [4.69, 9.17) is 16.6 Å². The Morgan fingerprint density at radius 2 is 2.04 bits per heavy atom. The zero-order chi connectivity index (χ0) is 15.8. The lowest BCUT2D eigenvalue weighted by Gasteiger charge is -2.05. The van der Waals surface area contributed by atoms with Crippen LogP contribution in [0.4, 0.5) is 0 Å². The zero-order valence-corrected chi connectivity index (χ0v) is 13.4. The normalized spacial score (nSPS) is 11.6. The van der Waals surface area contributed by atoms with Crippen molar-refractivity contribution in [1.29, 1.82) is 0 Å². The third-order valence-electron chi connectivity index (χ3n) is 3.84. The number of aromatic nitrogens is 6. The van der Waals surface area contributed by atoms with Gasteiger partial charge in [0.1, 0.15) is 5.82 Å². The van der Waals surface area contributed by atoms with Crippen molar-refractivity contribution in [2.75, 3.05) is 0 Å². The van der Waals surface area contributed by atoms with E-state index < -0.39 is 0 Å². The van der Waals surface area contributed by atoms with Gasteiger partial charge in [-0.25, -0.2) is 14.5 Å². The van der Waals surface area contributed by atoms with E-state index in [0.717, 1.165) is 41.9 Å². The second-order valence-electron chi connectivity index (χ2n) is 5.42. The Hall–Kier alpha value is -2.47. The predicted octanol–water partition coefficient (Wildman–Crippen LogP) is 3.62. The monoisotopic (exact) mass is 326 g/mol. The number of fused-ring (bicyclic) bond motifs is 3. The Morgan fingerprint density at radius 1 is 1.17 bits per heavy atom. The fourth-order valence-corrected chi connectivity index (χ4v) is 2.87. The molecule has 0 aliphatic carbocycles. The molecule has 0 spiro atoms. The van der Waals surface area contributed by atoms with Gasteiger partial charge in [0.2, 0.25) is 0 Å². The highest BCUT2D eigenvalue weighted by Gasteiger charge is 2.19. The van der Waals surface area contributed by atoms with Gasteiger partial charge in [-0.3, -0.25) is 5.10 Å². The SMILES string of the molecule is CCCCc1nc2nncc-2c2nc(-c3ccccc3Cl)[nH]n12. The maximum atomic E-state index is 6.30. The van der Waals surface area contributed by atoms with Crippen molar-refractivity contribution in [3.8, 4) is 22.8 Å². The van der Waals surface area contributed by atoms with Gasteiger partial charge >= 0.3 is 0 Å². The lowest BCUT2D eigenvalue weighted by atomic mass is 10.2. The first-order valence-corrected chi connectivity index (χ1v) is 7.99. The Bertz CT molecular complexity index is 941. The summed E-state index contributed by atoms with van der Waals surface area (Å²) in [5.74, 6) is 2.25. The van der Waals surface area contributed by atoms with Crippen LogP contribution in [0.1, 0.15) is 25.6 Å². The number of rotatable bonds is 4. The fraction of sp³-hybridized carbons (Fsp3) is 0.250. The summed E-state index contributed by atoms with van der Waals surface area (Å²) >= 11 is 6.30. The topological polar surface area (TPSA) is 71.8 Å². The summed E-state index contributed by atoms with van der Waals surface area (Å²) in [6.45, 7) is 2.16. The first kappa shape index (κ1) is 14.1. The average Bonchev–Trinajstić information content (AvgIpc) is 3.19. The van der Waals surface area contributed by atoms with Crippen molar-refractivity contribution in [1.82, 2.24) is 29.8 Å². The molecule has 0 atom stereocenters. The summed E-state index contributed by atoms with van der Waals surface area (Å²) in [5, 5.41) is 12.0. The van der Waals surface area contributed by atoms with E-state index in [1.165, 1.54) is 0 Å². The van der Waals surface area contributed by atoms with Crippen molar-refractivity contribution in [3.05, 3.63) is 41.3 Å². The molecular weight excluding hydrogens is 312 g/mol. The molecule has 0 saturated carbocycles. The number of H-pyrrole nitrogens is 1. The molecule has 6 nitrogen and oxygen atoms in total. The molecule has 1 aromatic carbocycles. The summed E-state index contributed by atoms with van der Waals surface area (Å²) in [6, 6.07) is 7.64. The molecule has 1 aromatic heterocycles. The van der Waals surface area contributed by atoms with E-state index in [0.29, 0.717) is 16.7 Å². The van der Waals surface area contributed by atoms with Crippen LogP contribution < -0.4 is 0 Å². The molecule has 23 heavy (non-hydrogen) atoms. The molecule has 1 N–H and O–H groups in total. The zero-order valence-electron chi connectivity index (χ0n) is 12.6. The maximum Gasteiger partial charge on any atom is 0.188 e. The van der Waals surface area contributed by atoms with Gasteiger partial charge in [-0.1, -0.05) is 37.1 Å². The summed E-state index contributed by atoms with van der Waals surface area (Å²) in [4.78, 5) is 9.33. The number of benzene rings is 1. The highest BCUT2D eigenvalue weighted by Crippen LogP contribution is 2.29. The average molecular weight is 327 g/mol. The molecular formula is C16H15ClN6. The Labute approximate surface area is 137 Å². The molecule has 2 aliphatic rings. The molecule has 0 saturated heterocycles. The Balaban J connectivity index is 1.95. The van der Waals surface area contributed by atoms with Crippen LogP contribution in [-0.4, -0.2) is 29.8 Å². The highest BCUT2D eigenvalue weighted by atomic mass is 35.5. The Morgan fingerprint density at radius 3 is 2.87 bits per heavy atom. The minimum absolute atomic E-state index is 0.633. The van der Waals surface area contributed by atoms with Crippen molar-refractivity contribution >= 4 is 17.2 Å². The largest absolute Gasteiger partial charge is 0.274 e. The smallest absolute Gasteiger partial charge is 0.188 e. The molecule has 7 heteroatoms. The molecule has 2 aliphatic heterocycles. The van der Waals surface area contributed by atoms with Crippen LogP contribution in [0.25, 0.3) is 28.4 Å². The van der Waals surface area contributed by atoms with Crippen LogP contribution in [-0.2, 0) is 6.42 Å². The van der Waals surface area contributed by atoms with Crippen LogP contribution in [0, 0.1) is 0 Å². The van der Waals surface area contributed by atoms with Gasteiger partial charge in [-0.2, -0.15) is 5.10 Å². The lowest BCUT2D eigenvalue weighted by Crippen LogP contribution is -2.05. The van der Waals surface area contributed by atoms with E-state index in [-0.39, 0.29) is 0 Å². The molecule has 0 unspecified atom stereocenters. The third-order valence-corrected chi connectivity index (χ3v) is 4.17. The third kappa shape index (κ3) is 2.35. The van der Waals surface area contributed by atoms with Gasteiger partial charge in [0.25, 0.3) is 0 Å². The van der Waals surface area contributed by atoms with Gasteiger partial charge in [-0.15, -0.1) is 5.10 Å². The number of nitrogens with zero attached hydrogens (tertiary/aromatic N) is 5. The van der Waals surface area contributed by atoms with Crippen LogP contribution >= 0.6 is 11.6 Å². The number of nitrogens with one attached hydrogen (secondary N) is 1. The predicted molar refractivity (Wildman–Crippen MR) is 88.6 cm³/mol. The van der Waals surface area contributed by atoms with E-state index in [9.17, 15) is 0 Å². The van der Waals surface area contributed by atoms with E-state index in [1.54, 1.807) is 6.20 Å². The standard InChI is InChI=1S/C16H15ClN6/c1-2-3-8-13-19-14-11(9-18-21-14)16-20-15(22-23(13)16)10-6-4-5-7-12(10)17/h4-7,9H,2-3,8H2,1H3,(H,20,22). The van der Waals surface area contributed by atoms with Gasteiger partial charge in [-0.05, 0) is 18.6 Å². The summed E-state index contributed by atoms with van der Waals surface area (Å²) in [6.07, 6.45) is 4.69. The van der Waals surface area contributed by atoms with E-state index in [2.05, 4.69) is 27.2 Å². The van der Waals surface area contributed by atoms with Crippen molar-refractivity contribution in [2.45, 2.75) is 26.2 Å². The fourth-order valence-electron chi connectivity index (χ4n) is 2.65. The van der Waals surface area contributed by atoms with Gasteiger partial charge in [0.05, 0.1) is 16.8 Å². The number of aryl methyl sites for hydroxylation is 1. The van der Waals surface area contributed by atoms with Crippen LogP contribution in [0.15, 0.2) is 30.5 Å². The first-order valence-electron chi connectivity index (χ1n) is 7.61. The maximum absolute atomic E-state index is 6.30. The number of hydrogen-bond donors (Lipinski definition) is 1. The molecule has 116 valence electrons. The molecule has 3 heterocycles. The second-order valence-corrected chi connectivity index (χ2v) is 5.83. The molecule has 0 amide bonds. The first-order chi connectivity index (χ1) is 11.3. The van der Waals surface area contributed by atoms with Gasteiger partial charge in [0.15, 0.2) is 17.3 Å². The molecule has 2 aromatic rings. The van der Waals surface area contributed by atoms with E-state index >= 15 is 0 Å². The number of halogens is 1. The van der Waals surface area contributed by atoms with E-state index in [1.807, 2.05) is 28.8 Å². The molecule has 4 rings (SSSR count). The molecule has 0 radical (unpaired) electrons. The summed E-state index contributed by atoms with van der Waals surface area (Å²) < 4.78 is 1.92. The number of unbranched alkanes of at least 4 members (excludes halogenated alkanes) is 1. The number of aromatic amines is 1. The summed E-state index contributed by atoms with van der Waals surface area (Å²) in [7, 11) is 0. The van der Waals surface area contributed by atoms with Gasteiger partial charge in [0, 0.05) is 12.0 Å². The second kappa shape index (κ2) is 5.62. The van der Waals surface area contributed by atoms with Crippen molar-refractivity contribution < 1.29 is 0 Å². The van der Waals surface area contributed by atoms with Crippen LogP contribution in [0.2, 0.25) is 5.02 Å². The van der Waals surface area contributed by atoms with Crippen molar-refractivity contribution in [2.24, 2.45) is 0 Å². The van der Waals surface area contributed by atoms with Crippen molar-refractivity contribution in [3.63, 3.8) is 0 Å².